The number of amides is 2. The molecule has 2 amide bonds. The van der Waals surface area contributed by atoms with Crippen LogP contribution in [0.25, 0.3) is 0 Å². The summed E-state index contributed by atoms with van der Waals surface area (Å²) in [4.78, 5) is 13.3. The molecule has 0 aromatic heterocycles. The van der Waals surface area contributed by atoms with E-state index in [1.807, 2.05) is 0 Å². The van der Waals surface area contributed by atoms with Crippen molar-refractivity contribution in [3.05, 3.63) is 29.6 Å². The van der Waals surface area contributed by atoms with Crippen molar-refractivity contribution in [3.63, 3.8) is 0 Å². The zero-order valence-corrected chi connectivity index (χ0v) is 10.9. The minimum Gasteiger partial charge on any atom is -0.396 e. The van der Waals surface area contributed by atoms with Gasteiger partial charge in [-0.1, -0.05) is 6.07 Å². The molecule has 0 aliphatic heterocycles. The summed E-state index contributed by atoms with van der Waals surface area (Å²) in [6, 6.07) is 3.94. The molecule has 0 aliphatic rings. The van der Waals surface area contributed by atoms with Crippen molar-refractivity contribution >= 4 is 11.7 Å². The first-order valence-electron chi connectivity index (χ1n) is 6.12. The molecule has 19 heavy (non-hydrogen) atoms. The topological polar surface area (TPSA) is 72.8 Å². The monoisotopic (exact) mass is 270 g/mol. The van der Waals surface area contributed by atoms with Crippen molar-refractivity contribution in [2.45, 2.75) is 13.3 Å². The Morgan fingerprint density at radius 3 is 2.68 bits per heavy atom. The Morgan fingerprint density at radius 2 is 2.05 bits per heavy atom. The zero-order valence-electron chi connectivity index (χ0n) is 10.9. The highest BCUT2D eigenvalue weighted by Crippen LogP contribution is 2.16. The molecule has 0 radical (unpaired) electrons. The fourth-order valence-electron chi connectivity index (χ4n) is 1.63. The van der Waals surface area contributed by atoms with Crippen molar-refractivity contribution in [2.75, 3.05) is 31.6 Å². The highest BCUT2D eigenvalue weighted by atomic mass is 19.1. The SMILES string of the molecule is Cc1ccc(F)c(NC(=O)N(CCO)CCCO)c1. The van der Waals surface area contributed by atoms with E-state index in [1.165, 1.54) is 17.0 Å². The van der Waals surface area contributed by atoms with Crippen LogP contribution in [0, 0.1) is 12.7 Å². The first-order valence-corrected chi connectivity index (χ1v) is 6.12. The number of aliphatic hydroxyl groups is 2. The predicted molar refractivity (Wildman–Crippen MR) is 70.5 cm³/mol. The molecule has 0 atom stereocenters. The van der Waals surface area contributed by atoms with Gasteiger partial charge in [0.05, 0.1) is 12.3 Å². The second-order valence-corrected chi connectivity index (χ2v) is 4.20. The van der Waals surface area contributed by atoms with E-state index in [1.54, 1.807) is 13.0 Å². The average molecular weight is 270 g/mol. The molecule has 1 aromatic carbocycles. The maximum Gasteiger partial charge on any atom is 0.322 e. The van der Waals surface area contributed by atoms with Crippen molar-refractivity contribution < 1.29 is 19.4 Å². The third-order valence-electron chi connectivity index (χ3n) is 2.61. The molecule has 5 nitrogen and oxygen atoms in total. The number of halogens is 1. The number of hydrogen-bond acceptors (Lipinski definition) is 3. The summed E-state index contributed by atoms with van der Waals surface area (Å²) in [7, 11) is 0. The Balaban J connectivity index is 2.71. The quantitative estimate of drug-likeness (QED) is 0.730. The van der Waals surface area contributed by atoms with Crippen LogP contribution in [0.2, 0.25) is 0 Å². The number of nitrogens with zero attached hydrogens (tertiary/aromatic N) is 1. The lowest BCUT2D eigenvalue weighted by molar-refractivity contribution is 0.180. The normalized spacial score (nSPS) is 10.3. The van der Waals surface area contributed by atoms with Crippen LogP contribution in [-0.4, -0.2) is 47.4 Å². The van der Waals surface area contributed by atoms with Crippen LogP contribution in [0.4, 0.5) is 14.9 Å². The average Bonchev–Trinajstić information content (AvgIpc) is 2.38. The number of rotatable bonds is 6. The van der Waals surface area contributed by atoms with Gasteiger partial charge in [-0.25, -0.2) is 9.18 Å². The first-order chi connectivity index (χ1) is 9.08. The van der Waals surface area contributed by atoms with E-state index >= 15 is 0 Å². The molecule has 6 heteroatoms. The maximum absolute atomic E-state index is 13.5. The number of anilines is 1. The largest absolute Gasteiger partial charge is 0.396 e. The smallest absolute Gasteiger partial charge is 0.322 e. The molecule has 0 unspecified atom stereocenters. The van der Waals surface area contributed by atoms with Gasteiger partial charge in [0.1, 0.15) is 5.82 Å². The third kappa shape index (κ3) is 4.84. The van der Waals surface area contributed by atoms with Gasteiger partial charge >= 0.3 is 6.03 Å². The fraction of sp³-hybridized carbons (Fsp3) is 0.462. The number of carbonyl (C=O) groups is 1. The fourth-order valence-corrected chi connectivity index (χ4v) is 1.63. The zero-order chi connectivity index (χ0) is 14.3. The number of aliphatic hydroxyl groups excluding tert-OH is 2. The maximum atomic E-state index is 13.5. The van der Waals surface area contributed by atoms with Crippen LogP contribution in [0.5, 0.6) is 0 Å². The Hall–Kier alpha value is -1.66. The molecule has 0 spiro atoms. The molecule has 1 rings (SSSR count). The molecule has 0 aliphatic carbocycles. The Labute approximate surface area is 111 Å². The molecular weight excluding hydrogens is 251 g/mol. The summed E-state index contributed by atoms with van der Waals surface area (Å²) in [5.74, 6) is -0.509. The lowest BCUT2D eigenvalue weighted by Gasteiger charge is -2.22. The van der Waals surface area contributed by atoms with E-state index in [4.69, 9.17) is 10.2 Å². The van der Waals surface area contributed by atoms with Crippen molar-refractivity contribution in [3.8, 4) is 0 Å². The molecule has 106 valence electrons. The van der Waals surface area contributed by atoms with Gasteiger partial charge in [0.15, 0.2) is 0 Å². The van der Waals surface area contributed by atoms with E-state index in [-0.39, 0.29) is 25.4 Å². The molecule has 0 saturated carbocycles. The highest BCUT2D eigenvalue weighted by Gasteiger charge is 2.14. The minimum absolute atomic E-state index is 0.0476. The molecule has 1 aromatic rings. The van der Waals surface area contributed by atoms with Gasteiger partial charge < -0.3 is 20.4 Å². The van der Waals surface area contributed by atoms with Crippen LogP contribution in [0.1, 0.15) is 12.0 Å². The standard InChI is InChI=1S/C13H19FN2O3/c1-10-3-4-11(14)12(9-10)15-13(19)16(6-8-18)5-2-7-17/h3-4,9,17-18H,2,5-8H2,1H3,(H,15,19). The molecule has 0 bridgehead atoms. The third-order valence-corrected chi connectivity index (χ3v) is 2.61. The second kappa shape index (κ2) is 7.70. The van der Waals surface area contributed by atoms with E-state index in [2.05, 4.69) is 5.32 Å². The predicted octanol–water partition coefficient (Wildman–Crippen LogP) is 1.34. The van der Waals surface area contributed by atoms with Gasteiger partial charge in [-0.2, -0.15) is 0 Å². The number of benzene rings is 1. The van der Waals surface area contributed by atoms with E-state index in [0.717, 1.165) is 5.56 Å². The number of urea groups is 1. The van der Waals surface area contributed by atoms with Crippen LogP contribution in [0.15, 0.2) is 18.2 Å². The van der Waals surface area contributed by atoms with Crippen LogP contribution < -0.4 is 5.32 Å². The van der Waals surface area contributed by atoms with Crippen LogP contribution >= 0.6 is 0 Å². The Kier molecular flexibility index (Phi) is 6.24. The lowest BCUT2D eigenvalue weighted by Crippen LogP contribution is -2.38. The summed E-state index contributed by atoms with van der Waals surface area (Å²) in [5, 5.41) is 20.1. The summed E-state index contributed by atoms with van der Waals surface area (Å²) in [6.45, 7) is 2.01. The molecule has 3 N–H and O–H groups in total. The lowest BCUT2D eigenvalue weighted by atomic mass is 10.2. The van der Waals surface area contributed by atoms with Crippen molar-refractivity contribution in [1.29, 1.82) is 0 Å². The second-order valence-electron chi connectivity index (χ2n) is 4.20. The number of aryl methyl sites for hydroxylation is 1. The van der Waals surface area contributed by atoms with Gasteiger partial charge in [-0.05, 0) is 31.0 Å². The van der Waals surface area contributed by atoms with Gasteiger partial charge in [-0.15, -0.1) is 0 Å². The van der Waals surface area contributed by atoms with Crippen molar-refractivity contribution in [2.24, 2.45) is 0 Å². The van der Waals surface area contributed by atoms with E-state index in [0.29, 0.717) is 13.0 Å². The van der Waals surface area contributed by atoms with Gasteiger partial charge in [-0.3, -0.25) is 0 Å². The van der Waals surface area contributed by atoms with E-state index in [9.17, 15) is 9.18 Å². The Morgan fingerprint density at radius 1 is 1.32 bits per heavy atom. The minimum atomic E-state index is -0.509. The van der Waals surface area contributed by atoms with Gasteiger partial charge in [0, 0.05) is 19.7 Å². The molecule has 0 fully saturated rings. The number of carbonyl (C=O) groups excluding carboxylic acids is 1. The summed E-state index contributed by atoms with van der Waals surface area (Å²) < 4.78 is 13.5. The van der Waals surface area contributed by atoms with Crippen LogP contribution in [0.3, 0.4) is 0 Å². The number of nitrogens with one attached hydrogen (secondary N) is 1. The van der Waals surface area contributed by atoms with Gasteiger partial charge in [0.2, 0.25) is 0 Å². The van der Waals surface area contributed by atoms with Crippen LogP contribution in [-0.2, 0) is 0 Å². The summed E-state index contributed by atoms with van der Waals surface area (Å²) in [5.41, 5.74) is 0.942. The highest BCUT2D eigenvalue weighted by molar-refractivity contribution is 5.89. The van der Waals surface area contributed by atoms with Crippen molar-refractivity contribution in [1.82, 2.24) is 4.90 Å². The van der Waals surface area contributed by atoms with Gasteiger partial charge in [0.25, 0.3) is 0 Å². The Bertz CT molecular complexity index is 426. The summed E-state index contributed by atoms with van der Waals surface area (Å²) in [6.07, 6.45) is 0.406. The molecule has 0 heterocycles. The molecule has 0 saturated heterocycles. The molecular formula is C13H19FN2O3. The summed E-state index contributed by atoms with van der Waals surface area (Å²) >= 11 is 0. The first kappa shape index (κ1) is 15.4. The van der Waals surface area contributed by atoms with E-state index < -0.39 is 11.8 Å². The number of hydrogen-bond donors (Lipinski definition) is 3.